The maximum Gasteiger partial charge on any atom is 0.416 e. The number of pyridine rings is 1. The summed E-state index contributed by atoms with van der Waals surface area (Å²) in [6, 6.07) is 12.3. The van der Waals surface area contributed by atoms with Crippen LogP contribution in [0.15, 0.2) is 61.1 Å². The van der Waals surface area contributed by atoms with Gasteiger partial charge in [0.25, 0.3) is 5.91 Å². The molecule has 230 valence electrons. The molecule has 5 rings (SSSR count). The number of benzene rings is 2. The highest BCUT2D eigenvalue weighted by atomic mass is 19.4. The van der Waals surface area contributed by atoms with Gasteiger partial charge >= 0.3 is 6.18 Å². The number of nitrogens with zero attached hydrogens (tertiary/aromatic N) is 5. The number of nitrogens with one attached hydrogen (secondary N) is 2. The second-order valence-corrected chi connectivity index (χ2v) is 10.8. The Labute approximate surface area is 252 Å². The molecule has 0 bridgehead atoms. The van der Waals surface area contributed by atoms with Crippen molar-refractivity contribution in [2.75, 3.05) is 36.8 Å². The maximum atomic E-state index is 14.1. The Morgan fingerprint density at radius 1 is 0.955 bits per heavy atom. The third-order valence-corrected chi connectivity index (χ3v) is 7.32. The first kappa shape index (κ1) is 30.8. The van der Waals surface area contributed by atoms with Crippen LogP contribution in [0, 0.1) is 0 Å². The van der Waals surface area contributed by atoms with Gasteiger partial charge in [0.1, 0.15) is 23.6 Å². The van der Waals surface area contributed by atoms with Gasteiger partial charge in [-0.15, -0.1) is 0 Å². The number of carbonyl (C=O) groups is 2. The minimum absolute atomic E-state index is 0.0215. The molecule has 13 heteroatoms. The molecule has 0 saturated carbocycles. The molecule has 2 N–H and O–H groups in total. The van der Waals surface area contributed by atoms with Crippen LogP contribution < -0.4 is 15.4 Å². The van der Waals surface area contributed by atoms with Crippen molar-refractivity contribution in [3.8, 4) is 11.6 Å². The first-order valence-electron chi connectivity index (χ1n) is 14.1. The first-order valence-corrected chi connectivity index (χ1v) is 14.1. The zero-order valence-corrected chi connectivity index (χ0v) is 24.5. The molecule has 0 aliphatic carbocycles. The zero-order valence-electron chi connectivity index (χ0n) is 24.5. The summed E-state index contributed by atoms with van der Waals surface area (Å²) >= 11 is 0. The SMILES string of the molecule is CC(=O)Nc1cc(Oc2ccc3c(C(=O)Nc4ccc(CN5CCN(C(C)C)CC5)c(C(F)(F)F)c4)nccc3c2)ncn1. The molecular formula is C31H32F3N7O3. The van der Waals surface area contributed by atoms with E-state index in [1.807, 2.05) is 4.90 Å². The van der Waals surface area contributed by atoms with Gasteiger partial charge in [-0.3, -0.25) is 24.4 Å². The van der Waals surface area contributed by atoms with E-state index in [1.54, 1.807) is 24.3 Å². The summed E-state index contributed by atoms with van der Waals surface area (Å²) in [5, 5.41) is 6.23. The van der Waals surface area contributed by atoms with Crippen molar-refractivity contribution in [3.05, 3.63) is 77.9 Å². The van der Waals surface area contributed by atoms with E-state index >= 15 is 0 Å². The zero-order chi connectivity index (χ0) is 31.4. The Bertz CT molecular complexity index is 1670. The summed E-state index contributed by atoms with van der Waals surface area (Å²) in [6.45, 7) is 8.73. The molecule has 1 saturated heterocycles. The number of rotatable bonds is 8. The molecule has 3 heterocycles. The van der Waals surface area contributed by atoms with Crippen molar-refractivity contribution in [1.29, 1.82) is 0 Å². The van der Waals surface area contributed by atoms with Gasteiger partial charge in [0, 0.05) is 69.0 Å². The molecule has 2 aromatic carbocycles. The van der Waals surface area contributed by atoms with Gasteiger partial charge in [-0.2, -0.15) is 13.2 Å². The largest absolute Gasteiger partial charge is 0.439 e. The van der Waals surface area contributed by atoms with E-state index in [0.717, 1.165) is 19.2 Å². The normalized spacial score (nSPS) is 14.5. The van der Waals surface area contributed by atoms with E-state index in [0.29, 0.717) is 35.7 Å². The second-order valence-electron chi connectivity index (χ2n) is 10.8. The van der Waals surface area contributed by atoms with Crippen LogP contribution in [0.2, 0.25) is 0 Å². The Morgan fingerprint density at radius 3 is 2.43 bits per heavy atom. The Kier molecular flexibility index (Phi) is 9.06. The number of fused-ring (bicyclic) bond motifs is 1. The van der Waals surface area contributed by atoms with Crippen molar-refractivity contribution >= 4 is 34.1 Å². The quantitative estimate of drug-likeness (QED) is 0.267. The van der Waals surface area contributed by atoms with Crippen LogP contribution in [0.4, 0.5) is 24.7 Å². The summed E-state index contributed by atoms with van der Waals surface area (Å²) in [7, 11) is 0. The van der Waals surface area contributed by atoms with Crippen LogP contribution in [-0.2, 0) is 17.5 Å². The van der Waals surface area contributed by atoms with Crippen LogP contribution in [0.5, 0.6) is 11.6 Å². The fourth-order valence-corrected chi connectivity index (χ4v) is 5.09. The number of carbonyl (C=O) groups excluding carboxylic acids is 2. The van der Waals surface area contributed by atoms with Crippen LogP contribution in [0.1, 0.15) is 42.4 Å². The van der Waals surface area contributed by atoms with Gasteiger partial charge in [-0.1, -0.05) is 6.07 Å². The predicted octanol–water partition coefficient (Wildman–Crippen LogP) is 5.57. The number of piperazine rings is 1. The molecule has 2 amide bonds. The predicted molar refractivity (Wildman–Crippen MR) is 160 cm³/mol. The molecule has 4 aromatic rings. The number of ether oxygens (including phenoxy) is 1. The topological polar surface area (TPSA) is 113 Å². The molecule has 1 aliphatic heterocycles. The molecule has 10 nitrogen and oxygen atoms in total. The van der Waals surface area contributed by atoms with Crippen LogP contribution in [0.3, 0.4) is 0 Å². The van der Waals surface area contributed by atoms with Gasteiger partial charge < -0.3 is 15.4 Å². The van der Waals surface area contributed by atoms with Gasteiger partial charge in [0.05, 0.1) is 5.56 Å². The van der Waals surface area contributed by atoms with Crippen LogP contribution in [-0.4, -0.2) is 68.8 Å². The number of amides is 2. The van der Waals surface area contributed by atoms with E-state index in [2.05, 4.69) is 44.3 Å². The lowest BCUT2D eigenvalue weighted by molar-refractivity contribution is -0.138. The van der Waals surface area contributed by atoms with Gasteiger partial charge in [0.2, 0.25) is 11.8 Å². The Balaban J connectivity index is 1.32. The number of alkyl halides is 3. The lowest BCUT2D eigenvalue weighted by Gasteiger charge is -2.37. The molecule has 1 aliphatic rings. The molecule has 1 fully saturated rings. The molecule has 0 radical (unpaired) electrons. The monoisotopic (exact) mass is 607 g/mol. The molecular weight excluding hydrogens is 575 g/mol. The summed E-state index contributed by atoms with van der Waals surface area (Å²) in [6.07, 6.45) is -1.90. The van der Waals surface area contributed by atoms with Crippen molar-refractivity contribution in [2.45, 2.75) is 39.5 Å². The van der Waals surface area contributed by atoms with Gasteiger partial charge in [-0.05, 0) is 61.2 Å². The standard InChI is InChI=1S/C31H32F3N7O3/c1-19(2)41-12-10-40(11-13-41)17-22-4-5-23(15-26(22)31(32,33)34)39-30(43)29-25-7-6-24(14-21(25)8-9-35-29)44-28-16-27(36-18-37-28)38-20(3)42/h4-9,14-16,18-19H,10-13,17H2,1-3H3,(H,39,43)(H,36,37,38,42). The van der Waals surface area contributed by atoms with E-state index in [1.165, 1.54) is 37.6 Å². The number of aromatic nitrogens is 3. The fraction of sp³-hybridized carbons (Fsp3) is 0.323. The Hall–Kier alpha value is -4.62. The highest BCUT2D eigenvalue weighted by Crippen LogP contribution is 2.35. The van der Waals surface area contributed by atoms with Crippen molar-refractivity contribution in [1.82, 2.24) is 24.8 Å². The fourth-order valence-electron chi connectivity index (χ4n) is 5.09. The number of anilines is 2. The number of halogens is 3. The van der Waals surface area contributed by atoms with Crippen molar-refractivity contribution in [2.24, 2.45) is 0 Å². The first-order chi connectivity index (χ1) is 21.0. The van der Waals surface area contributed by atoms with Gasteiger partial charge in [-0.25, -0.2) is 9.97 Å². The molecule has 0 unspecified atom stereocenters. The maximum absolute atomic E-state index is 14.1. The summed E-state index contributed by atoms with van der Waals surface area (Å²) in [5.41, 5.74) is -0.546. The minimum Gasteiger partial charge on any atom is -0.439 e. The minimum atomic E-state index is -4.59. The van der Waals surface area contributed by atoms with E-state index in [4.69, 9.17) is 4.74 Å². The molecule has 44 heavy (non-hydrogen) atoms. The average molecular weight is 608 g/mol. The molecule has 2 aromatic heterocycles. The van der Waals surface area contributed by atoms with Gasteiger partial charge in [0.15, 0.2) is 0 Å². The second kappa shape index (κ2) is 12.9. The lowest BCUT2D eigenvalue weighted by atomic mass is 10.0. The third-order valence-electron chi connectivity index (χ3n) is 7.32. The Morgan fingerprint density at radius 2 is 1.73 bits per heavy atom. The highest BCUT2D eigenvalue weighted by Gasteiger charge is 2.34. The van der Waals surface area contributed by atoms with Crippen molar-refractivity contribution < 1.29 is 27.5 Å². The summed E-state index contributed by atoms with van der Waals surface area (Å²) in [4.78, 5) is 41.0. The van der Waals surface area contributed by atoms with E-state index in [9.17, 15) is 22.8 Å². The number of hydrogen-bond acceptors (Lipinski definition) is 8. The molecule has 0 spiro atoms. The van der Waals surface area contributed by atoms with Crippen molar-refractivity contribution in [3.63, 3.8) is 0 Å². The van der Waals surface area contributed by atoms with Crippen LogP contribution >= 0.6 is 0 Å². The summed E-state index contributed by atoms with van der Waals surface area (Å²) < 4.78 is 48.1. The van der Waals surface area contributed by atoms with E-state index in [-0.39, 0.29) is 41.1 Å². The molecule has 0 atom stereocenters. The number of hydrogen-bond donors (Lipinski definition) is 2. The smallest absolute Gasteiger partial charge is 0.416 e. The highest BCUT2D eigenvalue weighted by molar-refractivity contribution is 6.11. The van der Waals surface area contributed by atoms with Crippen LogP contribution in [0.25, 0.3) is 10.8 Å². The summed E-state index contributed by atoms with van der Waals surface area (Å²) in [5.74, 6) is -0.0706. The third kappa shape index (κ3) is 7.47. The average Bonchev–Trinajstić information content (AvgIpc) is 2.97. The van der Waals surface area contributed by atoms with E-state index < -0.39 is 17.6 Å². The lowest BCUT2D eigenvalue weighted by Crippen LogP contribution is -2.48.